The van der Waals surface area contributed by atoms with E-state index in [0.717, 1.165) is 28.4 Å². The third-order valence-corrected chi connectivity index (χ3v) is 8.70. The number of anilines is 1. The van der Waals surface area contributed by atoms with E-state index in [1.165, 1.54) is 48.4 Å². The second-order valence-electron chi connectivity index (χ2n) is 9.73. The van der Waals surface area contributed by atoms with Gasteiger partial charge in [-0.2, -0.15) is 0 Å². The fourth-order valence-corrected chi connectivity index (χ4v) is 5.76. The number of carbonyl (C=O) groups is 2. The number of halogens is 1. The summed E-state index contributed by atoms with van der Waals surface area (Å²) in [5.74, 6) is -0.916. The number of nitrogens with zero attached hydrogens (tertiary/aromatic N) is 2. The average Bonchev–Trinajstić information content (AvgIpc) is 2.98. The molecule has 0 bridgehead atoms. The Bertz CT molecular complexity index is 1380. The molecule has 0 saturated carbocycles. The fourth-order valence-electron chi connectivity index (χ4n) is 4.35. The van der Waals surface area contributed by atoms with Crippen LogP contribution in [0.25, 0.3) is 0 Å². The first-order chi connectivity index (χ1) is 19.6. The molecule has 0 aliphatic heterocycles. The van der Waals surface area contributed by atoms with E-state index in [0.29, 0.717) is 18.6 Å². The van der Waals surface area contributed by atoms with Gasteiger partial charge in [-0.25, -0.2) is 12.8 Å². The first kappa shape index (κ1) is 31.6. The topological polar surface area (TPSA) is 96.0 Å². The van der Waals surface area contributed by atoms with Crippen molar-refractivity contribution in [3.05, 3.63) is 90.2 Å². The Morgan fingerprint density at radius 3 is 2.12 bits per heavy atom. The summed E-state index contributed by atoms with van der Waals surface area (Å²) in [5, 5.41) is 2.95. The van der Waals surface area contributed by atoms with Crippen LogP contribution in [0.4, 0.5) is 10.1 Å². The fraction of sp³-hybridized carbons (Fsp3) is 0.355. The van der Waals surface area contributed by atoms with Crippen LogP contribution in [0.2, 0.25) is 0 Å². The number of carbonyl (C=O) groups excluding carboxylic acids is 2. The van der Waals surface area contributed by atoms with Crippen molar-refractivity contribution in [2.24, 2.45) is 0 Å². The van der Waals surface area contributed by atoms with Gasteiger partial charge in [0.25, 0.3) is 10.0 Å². The Morgan fingerprint density at radius 1 is 0.927 bits per heavy atom. The molecule has 2 atom stereocenters. The molecule has 10 heteroatoms. The second-order valence-corrected chi connectivity index (χ2v) is 11.6. The Labute approximate surface area is 242 Å². The van der Waals surface area contributed by atoms with Crippen LogP contribution in [-0.2, 0) is 26.0 Å². The summed E-state index contributed by atoms with van der Waals surface area (Å²) in [7, 11) is -2.79. The minimum Gasteiger partial charge on any atom is -0.497 e. The van der Waals surface area contributed by atoms with Crippen LogP contribution in [0.15, 0.2) is 83.8 Å². The zero-order valence-corrected chi connectivity index (χ0v) is 24.7. The van der Waals surface area contributed by atoms with Gasteiger partial charge in [-0.3, -0.25) is 13.9 Å². The minimum atomic E-state index is -4.26. The number of benzene rings is 3. The summed E-state index contributed by atoms with van der Waals surface area (Å²) in [5.41, 5.74) is 1.10. The largest absolute Gasteiger partial charge is 0.497 e. The van der Waals surface area contributed by atoms with E-state index in [4.69, 9.17) is 4.74 Å². The zero-order chi connectivity index (χ0) is 30.0. The Hall–Kier alpha value is -3.92. The highest BCUT2D eigenvalue weighted by molar-refractivity contribution is 7.92. The molecule has 0 spiro atoms. The molecular formula is C31H38FN3O5S. The van der Waals surface area contributed by atoms with E-state index in [1.807, 2.05) is 51.1 Å². The maximum atomic E-state index is 14.0. The van der Waals surface area contributed by atoms with Crippen molar-refractivity contribution >= 4 is 27.5 Å². The monoisotopic (exact) mass is 583 g/mol. The van der Waals surface area contributed by atoms with Crippen molar-refractivity contribution in [1.82, 2.24) is 10.2 Å². The number of ether oxygens (including phenoxy) is 1. The maximum Gasteiger partial charge on any atom is 0.264 e. The highest BCUT2D eigenvalue weighted by Crippen LogP contribution is 2.26. The standard InChI is InChI=1S/C31H38FN3O5S/c1-5-23(3)33-31(37)29(6-2)34(21-20-24-10-8-7-9-11-24)30(36)22-35(26-14-12-25(32)13-15-26)41(38,39)28-18-16-27(40-4)17-19-28/h7-19,23,29H,5-6,20-22H2,1-4H3,(H,33,37)/t23-,29-/m0/s1. The quantitative estimate of drug-likeness (QED) is 0.294. The van der Waals surface area contributed by atoms with Gasteiger partial charge in [0.1, 0.15) is 24.2 Å². The lowest BCUT2D eigenvalue weighted by atomic mass is 10.1. The van der Waals surface area contributed by atoms with Crippen molar-refractivity contribution in [2.45, 2.75) is 57.0 Å². The predicted molar refractivity (Wildman–Crippen MR) is 158 cm³/mol. The number of amides is 2. The minimum absolute atomic E-state index is 0.0622. The van der Waals surface area contributed by atoms with Gasteiger partial charge in [0, 0.05) is 12.6 Å². The highest BCUT2D eigenvalue weighted by atomic mass is 32.2. The van der Waals surface area contributed by atoms with Gasteiger partial charge in [0.05, 0.1) is 17.7 Å². The average molecular weight is 584 g/mol. The van der Waals surface area contributed by atoms with Crippen LogP contribution < -0.4 is 14.4 Å². The summed E-state index contributed by atoms with van der Waals surface area (Å²) in [6, 6.07) is 19.3. The number of hydrogen-bond donors (Lipinski definition) is 1. The van der Waals surface area contributed by atoms with Crippen molar-refractivity contribution in [1.29, 1.82) is 0 Å². The molecule has 0 aromatic heterocycles. The van der Waals surface area contributed by atoms with Gasteiger partial charge in [-0.1, -0.05) is 44.2 Å². The van der Waals surface area contributed by atoms with Crippen molar-refractivity contribution < 1.29 is 27.1 Å². The molecule has 8 nitrogen and oxygen atoms in total. The normalized spacial score (nSPS) is 12.7. The molecule has 2 amide bonds. The number of hydrogen-bond acceptors (Lipinski definition) is 5. The Kier molecular flexibility index (Phi) is 11.3. The smallest absolute Gasteiger partial charge is 0.264 e. The Morgan fingerprint density at radius 2 is 1.56 bits per heavy atom. The van der Waals surface area contributed by atoms with Crippen LogP contribution in [0.3, 0.4) is 0 Å². The number of nitrogens with one attached hydrogen (secondary N) is 1. The van der Waals surface area contributed by atoms with Crippen molar-refractivity contribution in [3.8, 4) is 5.75 Å². The molecule has 0 unspecified atom stereocenters. The SMILES string of the molecule is CC[C@H](C)NC(=O)[C@H](CC)N(CCc1ccccc1)C(=O)CN(c1ccc(F)cc1)S(=O)(=O)c1ccc(OC)cc1. The van der Waals surface area contributed by atoms with Crippen LogP contribution in [0.1, 0.15) is 39.2 Å². The molecule has 3 aromatic carbocycles. The van der Waals surface area contributed by atoms with E-state index >= 15 is 0 Å². The molecule has 3 rings (SSSR count). The molecule has 1 N–H and O–H groups in total. The summed E-state index contributed by atoms with van der Waals surface area (Å²) in [6.45, 7) is 5.28. The summed E-state index contributed by atoms with van der Waals surface area (Å²) in [4.78, 5) is 28.7. The molecule has 41 heavy (non-hydrogen) atoms. The lowest BCUT2D eigenvalue weighted by molar-refractivity contribution is -0.139. The molecule has 0 radical (unpaired) electrons. The van der Waals surface area contributed by atoms with Crippen LogP contribution in [-0.4, -0.2) is 57.4 Å². The van der Waals surface area contributed by atoms with Crippen LogP contribution >= 0.6 is 0 Å². The second kappa shape index (κ2) is 14.6. The summed E-state index contributed by atoms with van der Waals surface area (Å²) < 4.78 is 47.6. The number of rotatable bonds is 14. The molecule has 3 aromatic rings. The number of methoxy groups -OCH3 is 1. The van der Waals surface area contributed by atoms with E-state index in [9.17, 15) is 22.4 Å². The molecule has 0 aliphatic rings. The lowest BCUT2D eigenvalue weighted by Gasteiger charge is -2.33. The molecular weight excluding hydrogens is 545 g/mol. The molecule has 220 valence electrons. The lowest BCUT2D eigenvalue weighted by Crippen LogP contribution is -2.54. The van der Waals surface area contributed by atoms with Gasteiger partial charge in [0.15, 0.2) is 0 Å². The molecule has 0 heterocycles. The van der Waals surface area contributed by atoms with E-state index < -0.39 is 34.3 Å². The van der Waals surface area contributed by atoms with Gasteiger partial charge in [0.2, 0.25) is 11.8 Å². The van der Waals surface area contributed by atoms with E-state index in [-0.39, 0.29) is 29.1 Å². The van der Waals surface area contributed by atoms with E-state index in [1.54, 1.807) is 0 Å². The predicted octanol–water partition coefficient (Wildman–Crippen LogP) is 4.79. The van der Waals surface area contributed by atoms with Gasteiger partial charge >= 0.3 is 0 Å². The molecule has 0 aliphatic carbocycles. The van der Waals surface area contributed by atoms with Crippen molar-refractivity contribution in [3.63, 3.8) is 0 Å². The first-order valence-electron chi connectivity index (χ1n) is 13.7. The third-order valence-electron chi connectivity index (χ3n) is 6.91. The van der Waals surface area contributed by atoms with E-state index in [2.05, 4.69) is 5.32 Å². The number of sulfonamides is 1. The molecule has 0 fully saturated rings. The first-order valence-corrected chi connectivity index (χ1v) is 15.1. The zero-order valence-electron chi connectivity index (χ0n) is 23.9. The van der Waals surface area contributed by atoms with Crippen LogP contribution in [0, 0.1) is 5.82 Å². The molecule has 0 saturated heterocycles. The highest BCUT2D eigenvalue weighted by Gasteiger charge is 2.33. The maximum absolute atomic E-state index is 14.0. The van der Waals surface area contributed by atoms with Crippen LogP contribution in [0.5, 0.6) is 5.75 Å². The van der Waals surface area contributed by atoms with Crippen molar-refractivity contribution in [2.75, 3.05) is 24.5 Å². The van der Waals surface area contributed by atoms with Gasteiger partial charge in [-0.05, 0) is 80.3 Å². The van der Waals surface area contributed by atoms with Gasteiger partial charge in [-0.15, -0.1) is 0 Å². The summed E-state index contributed by atoms with van der Waals surface area (Å²) >= 11 is 0. The summed E-state index contributed by atoms with van der Waals surface area (Å²) in [6.07, 6.45) is 1.53. The third kappa shape index (κ3) is 8.29. The Balaban J connectivity index is 2.00. The van der Waals surface area contributed by atoms with Gasteiger partial charge < -0.3 is 15.0 Å².